The molecule has 3 rings (SSSR count). The first-order valence-corrected chi connectivity index (χ1v) is 10.8. The Kier molecular flexibility index (Phi) is 6.07. The molecule has 0 aliphatic carbocycles. The summed E-state index contributed by atoms with van der Waals surface area (Å²) in [5, 5.41) is 0. The molecule has 1 amide bonds. The molecule has 9 heteroatoms. The first-order chi connectivity index (χ1) is 13.8. The molecule has 0 N–H and O–H groups in total. The lowest BCUT2D eigenvalue weighted by molar-refractivity contribution is -0.134. The second kappa shape index (κ2) is 8.52. The maximum atomic E-state index is 12.4. The standard InChI is InChI=1S/C20H21NO7S/c1-3-21(11-14-4-9-17-18(10-14)28-13-27-17)19(22)12-26-20(23)15-5-7-16(8-6-15)29(2,24)25/h4-10H,3,11-13H2,1-2H3. The van der Waals surface area contributed by atoms with Crippen LogP contribution in [0.5, 0.6) is 11.5 Å². The van der Waals surface area contributed by atoms with E-state index in [0.717, 1.165) is 11.8 Å². The molecule has 2 aromatic rings. The van der Waals surface area contributed by atoms with Gasteiger partial charge in [0.1, 0.15) is 0 Å². The van der Waals surface area contributed by atoms with Crippen molar-refractivity contribution >= 4 is 21.7 Å². The highest BCUT2D eigenvalue weighted by molar-refractivity contribution is 7.90. The molecule has 0 saturated carbocycles. The number of nitrogens with zero attached hydrogens (tertiary/aromatic N) is 1. The van der Waals surface area contributed by atoms with Crippen LogP contribution in [0.2, 0.25) is 0 Å². The molecule has 1 aliphatic heterocycles. The maximum Gasteiger partial charge on any atom is 0.338 e. The molecule has 0 fully saturated rings. The highest BCUT2D eigenvalue weighted by Crippen LogP contribution is 2.32. The van der Waals surface area contributed by atoms with Crippen molar-refractivity contribution in [1.82, 2.24) is 4.90 Å². The molecule has 0 aromatic heterocycles. The predicted molar refractivity (Wildman–Crippen MR) is 103 cm³/mol. The Morgan fingerprint density at radius 2 is 1.76 bits per heavy atom. The number of fused-ring (bicyclic) bond motifs is 1. The van der Waals surface area contributed by atoms with Gasteiger partial charge < -0.3 is 19.1 Å². The minimum atomic E-state index is -3.35. The van der Waals surface area contributed by atoms with Gasteiger partial charge in [0.2, 0.25) is 6.79 Å². The van der Waals surface area contributed by atoms with Crippen LogP contribution >= 0.6 is 0 Å². The van der Waals surface area contributed by atoms with Crippen molar-refractivity contribution in [3.05, 3.63) is 53.6 Å². The first kappa shape index (κ1) is 20.7. The van der Waals surface area contributed by atoms with Gasteiger partial charge in [-0.05, 0) is 48.9 Å². The number of esters is 1. The van der Waals surface area contributed by atoms with E-state index in [1.807, 2.05) is 19.1 Å². The minimum absolute atomic E-state index is 0.103. The molecule has 0 spiro atoms. The summed E-state index contributed by atoms with van der Waals surface area (Å²) in [7, 11) is -3.35. The lowest BCUT2D eigenvalue weighted by atomic mass is 10.2. The molecule has 0 atom stereocenters. The third kappa shape index (κ3) is 5.05. The van der Waals surface area contributed by atoms with Crippen LogP contribution in [0.15, 0.2) is 47.4 Å². The Morgan fingerprint density at radius 1 is 1.07 bits per heavy atom. The van der Waals surface area contributed by atoms with Crippen molar-refractivity contribution in [2.45, 2.75) is 18.4 Å². The zero-order valence-corrected chi connectivity index (χ0v) is 16.9. The summed E-state index contributed by atoms with van der Waals surface area (Å²) in [5.74, 6) is 0.262. The Labute approximate surface area is 168 Å². The van der Waals surface area contributed by atoms with Crippen molar-refractivity contribution < 1.29 is 32.2 Å². The third-order valence-electron chi connectivity index (χ3n) is 4.39. The number of carbonyl (C=O) groups is 2. The lowest BCUT2D eigenvalue weighted by Gasteiger charge is -2.21. The average molecular weight is 419 g/mol. The van der Waals surface area contributed by atoms with Gasteiger partial charge in [0.25, 0.3) is 5.91 Å². The number of sulfone groups is 1. The summed E-state index contributed by atoms with van der Waals surface area (Å²) in [4.78, 5) is 26.2. The van der Waals surface area contributed by atoms with E-state index >= 15 is 0 Å². The van der Waals surface area contributed by atoms with Gasteiger partial charge in [-0.3, -0.25) is 4.79 Å². The average Bonchev–Trinajstić information content (AvgIpc) is 3.17. The number of ether oxygens (including phenoxy) is 3. The number of likely N-dealkylation sites (N-methyl/N-ethyl adjacent to an activating group) is 1. The van der Waals surface area contributed by atoms with Crippen molar-refractivity contribution in [2.75, 3.05) is 26.2 Å². The lowest BCUT2D eigenvalue weighted by Crippen LogP contribution is -2.34. The number of hydrogen-bond donors (Lipinski definition) is 0. The van der Waals surface area contributed by atoms with Crippen LogP contribution in [-0.4, -0.2) is 51.4 Å². The van der Waals surface area contributed by atoms with Crippen LogP contribution in [0.4, 0.5) is 0 Å². The molecule has 1 aliphatic rings. The minimum Gasteiger partial charge on any atom is -0.454 e. The van der Waals surface area contributed by atoms with Gasteiger partial charge in [-0.15, -0.1) is 0 Å². The van der Waals surface area contributed by atoms with E-state index in [4.69, 9.17) is 14.2 Å². The van der Waals surface area contributed by atoms with Crippen LogP contribution in [-0.2, 0) is 25.9 Å². The number of carbonyl (C=O) groups excluding carboxylic acids is 2. The Bertz CT molecular complexity index is 1020. The van der Waals surface area contributed by atoms with Gasteiger partial charge in [0, 0.05) is 19.3 Å². The second-order valence-electron chi connectivity index (χ2n) is 6.47. The quantitative estimate of drug-likeness (QED) is 0.633. The molecule has 2 aromatic carbocycles. The molecule has 154 valence electrons. The van der Waals surface area contributed by atoms with Crippen LogP contribution < -0.4 is 9.47 Å². The van der Waals surface area contributed by atoms with E-state index in [2.05, 4.69) is 0 Å². The first-order valence-electron chi connectivity index (χ1n) is 8.91. The monoisotopic (exact) mass is 419 g/mol. The summed E-state index contributed by atoms with van der Waals surface area (Å²) >= 11 is 0. The third-order valence-corrected chi connectivity index (χ3v) is 5.52. The van der Waals surface area contributed by atoms with Crippen molar-refractivity contribution in [2.24, 2.45) is 0 Å². The zero-order valence-electron chi connectivity index (χ0n) is 16.1. The number of hydrogen-bond acceptors (Lipinski definition) is 7. The molecule has 0 saturated heterocycles. The fourth-order valence-corrected chi connectivity index (χ4v) is 3.41. The van der Waals surface area contributed by atoms with Gasteiger partial charge in [-0.1, -0.05) is 6.07 Å². The number of amides is 1. The predicted octanol–water partition coefficient (Wildman–Crippen LogP) is 2.02. The van der Waals surface area contributed by atoms with Crippen molar-refractivity contribution in [3.8, 4) is 11.5 Å². The molecule has 0 unspecified atom stereocenters. The summed E-state index contributed by atoms with van der Waals surface area (Å²) < 4.78 is 38.6. The van der Waals surface area contributed by atoms with E-state index in [1.165, 1.54) is 24.3 Å². The summed E-state index contributed by atoms with van der Waals surface area (Å²) in [6.45, 7) is 2.37. The van der Waals surface area contributed by atoms with Gasteiger partial charge in [-0.25, -0.2) is 13.2 Å². The number of benzene rings is 2. The van der Waals surface area contributed by atoms with E-state index in [-0.39, 0.29) is 23.2 Å². The largest absolute Gasteiger partial charge is 0.454 e. The van der Waals surface area contributed by atoms with E-state index in [1.54, 1.807) is 11.0 Å². The maximum absolute atomic E-state index is 12.4. The number of rotatable bonds is 7. The highest BCUT2D eigenvalue weighted by atomic mass is 32.2. The SMILES string of the molecule is CCN(Cc1ccc2c(c1)OCO2)C(=O)COC(=O)c1ccc(S(C)(=O)=O)cc1. The van der Waals surface area contributed by atoms with Crippen LogP contribution in [0, 0.1) is 0 Å². The van der Waals surface area contributed by atoms with Gasteiger partial charge in [0.15, 0.2) is 27.9 Å². The topological polar surface area (TPSA) is 99.2 Å². The van der Waals surface area contributed by atoms with Crippen molar-refractivity contribution in [1.29, 1.82) is 0 Å². The van der Waals surface area contributed by atoms with Crippen molar-refractivity contribution in [3.63, 3.8) is 0 Å². The molecule has 0 bridgehead atoms. The van der Waals surface area contributed by atoms with E-state index in [9.17, 15) is 18.0 Å². The molecular formula is C20H21NO7S. The van der Waals surface area contributed by atoms with Crippen LogP contribution in [0.3, 0.4) is 0 Å². The van der Waals surface area contributed by atoms with E-state index in [0.29, 0.717) is 24.6 Å². The summed E-state index contributed by atoms with van der Waals surface area (Å²) in [6.07, 6.45) is 1.08. The molecule has 8 nitrogen and oxygen atoms in total. The van der Waals surface area contributed by atoms with Gasteiger partial charge in [0.05, 0.1) is 10.5 Å². The highest BCUT2D eigenvalue weighted by Gasteiger charge is 2.18. The van der Waals surface area contributed by atoms with Crippen LogP contribution in [0.25, 0.3) is 0 Å². The smallest absolute Gasteiger partial charge is 0.338 e. The summed E-state index contributed by atoms with van der Waals surface area (Å²) in [5.41, 5.74) is 1.04. The Hall–Kier alpha value is -3.07. The molecular weight excluding hydrogens is 398 g/mol. The Morgan fingerprint density at radius 3 is 2.41 bits per heavy atom. The summed E-state index contributed by atoms with van der Waals surface area (Å²) in [6, 6.07) is 10.8. The zero-order chi connectivity index (χ0) is 21.0. The molecule has 0 radical (unpaired) electrons. The molecule has 1 heterocycles. The molecule has 29 heavy (non-hydrogen) atoms. The fourth-order valence-electron chi connectivity index (χ4n) is 2.78. The Balaban J connectivity index is 1.57. The fraction of sp³-hybridized carbons (Fsp3) is 0.300. The van der Waals surface area contributed by atoms with Gasteiger partial charge in [-0.2, -0.15) is 0 Å². The van der Waals surface area contributed by atoms with E-state index < -0.39 is 22.4 Å². The van der Waals surface area contributed by atoms with Gasteiger partial charge >= 0.3 is 5.97 Å². The van der Waals surface area contributed by atoms with Crippen LogP contribution in [0.1, 0.15) is 22.8 Å². The normalized spacial score (nSPS) is 12.5. The second-order valence-corrected chi connectivity index (χ2v) is 8.48.